The lowest BCUT2D eigenvalue weighted by Gasteiger charge is -2.14. The number of nitrogens with one attached hydrogen (secondary N) is 1. The lowest BCUT2D eigenvalue weighted by molar-refractivity contribution is -0.119. The highest BCUT2D eigenvalue weighted by atomic mass is 32.1. The number of amides is 1. The number of rotatable bonds is 3. The van der Waals surface area contributed by atoms with E-state index in [1.807, 2.05) is 6.92 Å². The lowest BCUT2D eigenvalue weighted by atomic mass is 10.2. The first-order valence-corrected chi connectivity index (χ1v) is 7.71. The third kappa shape index (κ3) is 2.73. The number of carbonyl (C=O) groups is 1. The largest absolute Gasteiger partial charge is 0.315 e. The van der Waals surface area contributed by atoms with E-state index in [1.165, 1.54) is 16.0 Å². The third-order valence-electron chi connectivity index (χ3n) is 3.60. The zero-order valence-electron chi connectivity index (χ0n) is 11.9. The Balaban J connectivity index is 1.83. The van der Waals surface area contributed by atoms with Gasteiger partial charge in [-0.2, -0.15) is 5.10 Å². The van der Waals surface area contributed by atoms with Gasteiger partial charge in [0.1, 0.15) is 11.0 Å². The Kier molecular flexibility index (Phi) is 3.59. The second-order valence-corrected chi connectivity index (χ2v) is 6.40. The minimum atomic E-state index is -0.647. The number of aryl methyl sites for hydroxylation is 3. The maximum absolute atomic E-state index is 12.2. The Labute approximate surface area is 125 Å². The molecule has 0 aromatic carbocycles. The highest BCUT2D eigenvalue weighted by Crippen LogP contribution is 2.20. The molecule has 3 rings (SSSR count). The lowest BCUT2D eigenvalue weighted by Crippen LogP contribution is -2.33. The maximum atomic E-state index is 12.2. The summed E-state index contributed by atoms with van der Waals surface area (Å²) in [7, 11) is 0. The van der Waals surface area contributed by atoms with Crippen molar-refractivity contribution in [2.75, 3.05) is 5.32 Å². The fraction of sp³-hybridized carbons (Fsp3) is 0.429. The number of hydrogen-bond donors (Lipinski definition) is 1. The van der Waals surface area contributed by atoms with Gasteiger partial charge in [0.2, 0.25) is 5.91 Å². The second-order valence-electron chi connectivity index (χ2n) is 5.16. The molecule has 0 spiro atoms. The van der Waals surface area contributed by atoms with E-state index in [2.05, 4.69) is 15.4 Å². The molecule has 0 saturated carbocycles. The van der Waals surface area contributed by atoms with Crippen LogP contribution in [0.2, 0.25) is 0 Å². The minimum absolute atomic E-state index is 0.223. The molecule has 1 amide bonds. The van der Waals surface area contributed by atoms with E-state index < -0.39 is 6.04 Å². The van der Waals surface area contributed by atoms with Crippen molar-refractivity contribution in [1.82, 2.24) is 14.8 Å². The Morgan fingerprint density at radius 2 is 2.29 bits per heavy atom. The zero-order valence-corrected chi connectivity index (χ0v) is 12.7. The van der Waals surface area contributed by atoms with Gasteiger partial charge in [0.15, 0.2) is 0 Å². The van der Waals surface area contributed by atoms with Crippen LogP contribution in [0.1, 0.15) is 35.7 Å². The molecule has 1 atom stereocenters. The van der Waals surface area contributed by atoms with Gasteiger partial charge in [-0.3, -0.25) is 9.59 Å². The van der Waals surface area contributed by atoms with Crippen LogP contribution in [0, 0.1) is 6.92 Å². The highest BCUT2D eigenvalue weighted by molar-refractivity contribution is 7.15. The first kappa shape index (κ1) is 13.9. The van der Waals surface area contributed by atoms with Gasteiger partial charge in [0, 0.05) is 6.07 Å². The summed E-state index contributed by atoms with van der Waals surface area (Å²) in [6.07, 6.45) is 4.41. The van der Waals surface area contributed by atoms with Crippen LogP contribution in [-0.2, 0) is 17.6 Å². The van der Waals surface area contributed by atoms with Crippen molar-refractivity contribution in [2.45, 2.75) is 39.2 Å². The predicted octanol–water partition coefficient (Wildman–Crippen LogP) is 1.70. The Morgan fingerprint density at radius 1 is 1.48 bits per heavy atom. The van der Waals surface area contributed by atoms with Crippen LogP contribution in [0.15, 0.2) is 17.1 Å². The van der Waals surface area contributed by atoms with Gasteiger partial charge in [-0.1, -0.05) is 0 Å². The number of aromatic nitrogens is 3. The van der Waals surface area contributed by atoms with Crippen molar-refractivity contribution in [3.05, 3.63) is 38.9 Å². The number of thiazole rings is 1. The summed E-state index contributed by atoms with van der Waals surface area (Å²) in [6, 6.07) is 0.960. The van der Waals surface area contributed by atoms with Gasteiger partial charge < -0.3 is 5.32 Å². The predicted molar refractivity (Wildman–Crippen MR) is 80.7 cm³/mol. The van der Waals surface area contributed by atoms with Crippen molar-refractivity contribution in [2.24, 2.45) is 0 Å². The van der Waals surface area contributed by atoms with E-state index in [9.17, 15) is 9.59 Å². The summed E-state index contributed by atoms with van der Waals surface area (Å²) in [5, 5.41) is 8.68. The van der Waals surface area contributed by atoms with Gasteiger partial charge >= 0.3 is 0 Å². The van der Waals surface area contributed by atoms with E-state index >= 15 is 0 Å². The summed E-state index contributed by atoms with van der Waals surface area (Å²) in [5.74, 6) is -0.258. The average molecular weight is 304 g/mol. The van der Waals surface area contributed by atoms with Crippen LogP contribution in [-0.4, -0.2) is 20.7 Å². The van der Waals surface area contributed by atoms with Crippen LogP contribution in [0.3, 0.4) is 0 Å². The molecule has 1 aliphatic rings. The molecule has 2 aromatic heterocycles. The molecule has 1 aliphatic carbocycles. The van der Waals surface area contributed by atoms with Gasteiger partial charge in [0.25, 0.3) is 5.56 Å². The van der Waals surface area contributed by atoms with Gasteiger partial charge in [-0.25, -0.2) is 9.67 Å². The van der Waals surface area contributed by atoms with Crippen LogP contribution >= 0.6 is 11.3 Å². The maximum Gasteiger partial charge on any atom is 0.267 e. The van der Waals surface area contributed by atoms with Crippen molar-refractivity contribution < 1.29 is 4.79 Å². The number of carbonyl (C=O) groups excluding carboxylic acids is 1. The molecule has 110 valence electrons. The molecule has 0 saturated heterocycles. The molecule has 21 heavy (non-hydrogen) atoms. The Hall–Kier alpha value is -2.02. The number of nitrogens with zero attached hydrogens (tertiary/aromatic N) is 3. The smallest absolute Gasteiger partial charge is 0.267 e. The molecule has 2 aromatic rings. The molecule has 2 heterocycles. The zero-order chi connectivity index (χ0) is 15.0. The summed E-state index contributed by atoms with van der Waals surface area (Å²) >= 11 is 1.40. The molecule has 0 radical (unpaired) electrons. The Morgan fingerprint density at radius 3 is 3.00 bits per heavy atom. The van der Waals surface area contributed by atoms with Gasteiger partial charge in [-0.05, 0) is 38.7 Å². The SMILES string of the molecule is Cc1ncc(NC(=O)C(C)n2nc3c(cc2=O)CCC3)s1. The average Bonchev–Trinajstić information content (AvgIpc) is 3.05. The molecule has 7 heteroatoms. The van der Waals surface area contributed by atoms with Crippen molar-refractivity contribution >= 4 is 22.2 Å². The van der Waals surface area contributed by atoms with Crippen molar-refractivity contribution in [3.8, 4) is 0 Å². The summed E-state index contributed by atoms with van der Waals surface area (Å²) in [4.78, 5) is 28.4. The molecule has 0 fully saturated rings. The molecule has 1 N–H and O–H groups in total. The topological polar surface area (TPSA) is 76.9 Å². The van der Waals surface area contributed by atoms with E-state index in [1.54, 1.807) is 19.2 Å². The number of hydrogen-bond acceptors (Lipinski definition) is 5. The van der Waals surface area contributed by atoms with E-state index in [-0.39, 0.29) is 11.5 Å². The second kappa shape index (κ2) is 5.40. The van der Waals surface area contributed by atoms with Crippen molar-refractivity contribution in [1.29, 1.82) is 0 Å². The first-order chi connectivity index (χ1) is 10.0. The van der Waals surface area contributed by atoms with Gasteiger partial charge in [0.05, 0.1) is 16.9 Å². The standard InChI is InChI=1S/C14H16N4O2S/c1-8(14(20)16-12-7-15-9(2)21-12)18-13(19)6-10-4-3-5-11(10)17-18/h6-8H,3-5H2,1-2H3,(H,16,20). The monoisotopic (exact) mass is 304 g/mol. The summed E-state index contributed by atoms with van der Waals surface area (Å²) < 4.78 is 1.27. The van der Waals surface area contributed by atoms with Crippen LogP contribution in [0.5, 0.6) is 0 Å². The van der Waals surface area contributed by atoms with Crippen LogP contribution in [0.25, 0.3) is 0 Å². The van der Waals surface area contributed by atoms with Crippen molar-refractivity contribution in [3.63, 3.8) is 0 Å². The molecule has 0 aliphatic heterocycles. The molecule has 0 bridgehead atoms. The van der Waals surface area contributed by atoms with Crippen LogP contribution in [0.4, 0.5) is 5.00 Å². The van der Waals surface area contributed by atoms with E-state index in [4.69, 9.17) is 0 Å². The molecule has 1 unspecified atom stereocenters. The van der Waals surface area contributed by atoms with Crippen LogP contribution < -0.4 is 10.9 Å². The highest BCUT2D eigenvalue weighted by Gasteiger charge is 2.21. The molecular formula is C14H16N4O2S. The fourth-order valence-electron chi connectivity index (χ4n) is 2.45. The number of anilines is 1. The quantitative estimate of drug-likeness (QED) is 0.936. The normalized spacial score (nSPS) is 14.8. The summed E-state index contributed by atoms with van der Waals surface area (Å²) in [6.45, 7) is 3.55. The third-order valence-corrected chi connectivity index (χ3v) is 4.42. The fourth-order valence-corrected chi connectivity index (χ4v) is 3.13. The molecule has 6 nitrogen and oxygen atoms in total. The van der Waals surface area contributed by atoms with E-state index in [0.717, 1.165) is 35.5 Å². The summed E-state index contributed by atoms with van der Waals surface area (Å²) in [5.41, 5.74) is 1.73. The Bertz CT molecular complexity index is 750. The first-order valence-electron chi connectivity index (χ1n) is 6.89. The van der Waals surface area contributed by atoms with Gasteiger partial charge in [-0.15, -0.1) is 11.3 Å². The molecular weight excluding hydrogens is 288 g/mol. The number of fused-ring (bicyclic) bond motifs is 1. The van der Waals surface area contributed by atoms with E-state index in [0.29, 0.717) is 5.00 Å². The minimum Gasteiger partial charge on any atom is -0.315 e.